The average Bonchev–Trinajstić information content (AvgIpc) is 2.21. The summed E-state index contributed by atoms with van der Waals surface area (Å²) in [6, 6.07) is 1.47. The van der Waals surface area contributed by atoms with E-state index in [-0.39, 0.29) is 0 Å². The predicted octanol–water partition coefficient (Wildman–Crippen LogP) is 3.54. The maximum absolute atomic E-state index is 12.9. The highest BCUT2D eigenvalue weighted by molar-refractivity contribution is 5.22. The Labute approximate surface area is 93.5 Å². The first-order valence-corrected chi connectivity index (χ1v) is 5.31. The second-order valence-corrected chi connectivity index (χ2v) is 4.38. The van der Waals surface area contributed by atoms with E-state index in [1.54, 1.807) is 0 Å². The van der Waals surface area contributed by atoms with Gasteiger partial charge in [0.05, 0.1) is 0 Å². The summed E-state index contributed by atoms with van der Waals surface area (Å²) in [5.74, 6) is -3.34. The van der Waals surface area contributed by atoms with Crippen LogP contribution in [0.1, 0.15) is 38.3 Å². The third kappa shape index (κ3) is 3.23. The molecule has 0 bridgehead atoms. The maximum atomic E-state index is 12.9. The van der Waals surface area contributed by atoms with Crippen molar-refractivity contribution in [2.75, 3.05) is 0 Å². The summed E-state index contributed by atoms with van der Waals surface area (Å²) in [4.78, 5) is 0. The van der Waals surface area contributed by atoms with Gasteiger partial charge in [0.1, 0.15) is 0 Å². The molecule has 0 radical (unpaired) electrons. The highest BCUT2D eigenvalue weighted by atomic mass is 19.2. The number of hydrogen-bond acceptors (Lipinski definition) is 1. The first-order valence-electron chi connectivity index (χ1n) is 5.31. The van der Waals surface area contributed by atoms with Gasteiger partial charge in [0.25, 0.3) is 0 Å². The Bertz CT molecular complexity index is 340. The van der Waals surface area contributed by atoms with Crippen molar-refractivity contribution >= 4 is 0 Å². The van der Waals surface area contributed by atoms with Crippen molar-refractivity contribution in [2.45, 2.75) is 32.7 Å². The summed E-state index contributed by atoms with van der Waals surface area (Å²) >= 11 is 0. The Morgan fingerprint density at radius 2 is 1.56 bits per heavy atom. The molecule has 16 heavy (non-hydrogen) atoms. The third-order valence-electron chi connectivity index (χ3n) is 2.49. The monoisotopic (exact) mass is 231 g/mol. The average molecular weight is 231 g/mol. The smallest absolute Gasteiger partial charge is 0.194 e. The summed E-state index contributed by atoms with van der Waals surface area (Å²) in [7, 11) is 0. The first-order chi connectivity index (χ1) is 7.41. The van der Waals surface area contributed by atoms with Crippen LogP contribution in [0.15, 0.2) is 12.1 Å². The molecule has 1 nitrogen and oxygen atoms in total. The topological polar surface area (TPSA) is 26.0 Å². The van der Waals surface area contributed by atoms with E-state index < -0.39 is 23.5 Å². The van der Waals surface area contributed by atoms with Crippen molar-refractivity contribution in [1.82, 2.24) is 0 Å². The van der Waals surface area contributed by atoms with Crippen molar-refractivity contribution < 1.29 is 13.2 Å². The number of hydrogen-bond donors (Lipinski definition) is 1. The van der Waals surface area contributed by atoms with Crippen LogP contribution in [-0.2, 0) is 0 Å². The maximum Gasteiger partial charge on any atom is 0.194 e. The fraction of sp³-hybridized carbons (Fsp3) is 0.500. The fourth-order valence-corrected chi connectivity index (χ4v) is 1.47. The Morgan fingerprint density at radius 1 is 1.06 bits per heavy atom. The van der Waals surface area contributed by atoms with Crippen LogP contribution in [0, 0.1) is 23.4 Å². The number of nitrogens with two attached hydrogens (primary N) is 1. The van der Waals surface area contributed by atoms with Gasteiger partial charge >= 0.3 is 0 Å². The van der Waals surface area contributed by atoms with Crippen molar-refractivity contribution in [3.8, 4) is 0 Å². The molecule has 0 saturated carbocycles. The molecular formula is C12H16F3N. The number of rotatable bonds is 4. The first kappa shape index (κ1) is 13.0. The van der Waals surface area contributed by atoms with Gasteiger partial charge in [-0.3, -0.25) is 0 Å². The van der Waals surface area contributed by atoms with Gasteiger partial charge in [0.2, 0.25) is 0 Å². The van der Waals surface area contributed by atoms with E-state index in [1.165, 1.54) is 0 Å². The zero-order valence-electron chi connectivity index (χ0n) is 9.43. The van der Waals surface area contributed by atoms with Gasteiger partial charge in [0, 0.05) is 6.04 Å². The molecular weight excluding hydrogens is 215 g/mol. The molecule has 90 valence electrons. The molecule has 0 aliphatic carbocycles. The minimum atomic E-state index is -1.44. The normalized spacial score (nSPS) is 13.2. The molecule has 1 aromatic rings. The van der Waals surface area contributed by atoms with Crippen LogP contribution in [-0.4, -0.2) is 0 Å². The molecule has 0 aromatic heterocycles. The lowest BCUT2D eigenvalue weighted by Gasteiger charge is -2.14. The number of halogens is 3. The molecule has 0 heterocycles. The minimum absolute atomic E-state index is 0.303. The van der Waals surface area contributed by atoms with E-state index in [0.29, 0.717) is 17.9 Å². The van der Waals surface area contributed by atoms with Crippen LogP contribution >= 0.6 is 0 Å². The third-order valence-corrected chi connectivity index (χ3v) is 2.49. The zero-order chi connectivity index (χ0) is 12.3. The summed E-state index contributed by atoms with van der Waals surface area (Å²) in [6.45, 7) is 4.08. The quantitative estimate of drug-likeness (QED) is 0.788. The summed E-state index contributed by atoms with van der Waals surface area (Å²) in [5, 5.41) is 0. The molecule has 4 heteroatoms. The second-order valence-electron chi connectivity index (χ2n) is 4.38. The van der Waals surface area contributed by atoms with Crippen LogP contribution in [0.25, 0.3) is 0 Å². The standard InChI is InChI=1S/C12H16F3N/c1-7(2)3-4-11(16)8-5-9(13)12(15)10(14)6-8/h5-7,11H,3-4,16H2,1-2H3/t11-/m0/s1. The molecule has 0 aliphatic heterocycles. The minimum Gasteiger partial charge on any atom is -0.324 e. The molecule has 1 rings (SSSR count). The van der Waals surface area contributed by atoms with Crippen molar-refractivity contribution in [2.24, 2.45) is 11.7 Å². The predicted molar refractivity (Wildman–Crippen MR) is 57.3 cm³/mol. The van der Waals surface area contributed by atoms with E-state index >= 15 is 0 Å². The van der Waals surface area contributed by atoms with Crippen LogP contribution in [0.3, 0.4) is 0 Å². The van der Waals surface area contributed by atoms with E-state index in [9.17, 15) is 13.2 Å². The van der Waals surface area contributed by atoms with E-state index in [1.807, 2.05) is 13.8 Å². The summed E-state index contributed by atoms with van der Waals surface area (Å²) in [5.41, 5.74) is 6.08. The lowest BCUT2D eigenvalue weighted by Crippen LogP contribution is -2.12. The van der Waals surface area contributed by atoms with E-state index in [4.69, 9.17) is 5.73 Å². The van der Waals surface area contributed by atoms with E-state index in [0.717, 1.165) is 18.6 Å². The van der Waals surface area contributed by atoms with Gasteiger partial charge in [-0.05, 0) is 36.5 Å². The molecule has 1 aromatic carbocycles. The summed E-state index contributed by atoms with van der Waals surface area (Å²) < 4.78 is 38.6. The lowest BCUT2D eigenvalue weighted by molar-refractivity contribution is 0.440. The second kappa shape index (κ2) is 5.34. The van der Waals surface area contributed by atoms with Crippen molar-refractivity contribution in [3.63, 3.8) is 0 Å². The Hall–Kier alpha value is -1.03. The molecule has 0 unspecified atom stereocenters. The van der Waals surface area contributed by atoms with Crippen molar-refractivity contribution in [3.05, 3.63) is 35.1 Å². The molecule has 0 saturated heterocycles. The molecule has 1 atom stereocenters. The fourth-order valence-electron chi connectivity index (χ4n) is 1.47. The van der Waals surface area contributed by atoms with Gasteiger partial charge in [-0.25, -0.2) is 13.2 Å². The highest BCUT2D eigenvalue weighted by Gasteiger charge is 2.14. The Morgan fingerprint density at radius 3 is 2.00 bits per heavy atom. The largest absolute Gasteiger partial charge is 0.324 e. The van der Waals surface area contributed by atoms with Gasteiger partial charge in [-0.1, -0.05) is 13.8 Å². The van der Waals surface area contributed by atoms with Crippen LogP contribution in [0.5, 0.6) is 0 Å². The Kier molecular flexibility index (Phi) is 4.35. The molecule has 0 fully saturated rings. The SMILES string of the molecule is CC(C)CC[C@H](N)c1cc(F)c(F)c(F)c1. The van der Waals surface area contributed by atoms with Gasteiger partial charge in [0.15, 0.2) is 17.5 Å². The van der Waals surface area contributed by atoms with Crippen molar-refractivity contribution in [1.29, 1.82) is 0 Å². The van der Waals surface area contributed by atoms with Crippen LogP contribution in [0.2, 0.25) is 0 Å². The number of benzene rings is 1. The highest BCUT2D eigenvalue weighted by Crippen LogP contribution is 2.22. The van der Waals surface area contributed by atoms with Crippen LogP contribution < -0.4 is 5.73 Å². The lowest BCUT2D eigenvalue weighted by atomic mass is 9.98. The zero-order valence-corrected chi connectivity index (χ0v) is 9.43. The van der Waals surface area contributed by atoms with E-state index in [2.05, 4.69) is 0 Å². The molecule has 0 aliphatic rings. The summed E-state index contributed by atoms with van der Waals surface area (Å²) in [6.07, 6.45) is 1.49. The van der Waals surface area contributed by atoms with Gasteiger partial charge in [-0.15, -0.1) is 0 Å². The molecule has 0 amide bonds. The van der Waals surface area contributed by atoms with Gasteiger partial charge < -0.3 is 5.73 Å². The Balaban J connectivity index is 2.80. The molecule has 2 N–H and O–H groups in total. The molecule has 0 spiro atoms. The van der Waals surface area contributed by atoms with Gasteiger partial charge in [-0.2, -0.15) is 0 Å². The van der Waals surface area contributed by atoms with Crippen LogP contribution in [0.4, 0.5) is 13.2 Å².